The van der Waals surface area contributed by atoms with Gasteiger partial charge in [-0.05, 0) is 23.9 Å². The summed E-state index contributed by atoms with van der Waals surface area (Å²) in [4.78, 5) is 26.8. The molecule has 1 fully saturated rings. The Bertz CT molecular complexity index is 1730. The monoisotopic (exact) mass is 613 g/mol. The number of aliphatic hydroxyl groups excluding tert-OH is 2. The number of fused-ring (bicyclic) bond motifs is 2. The molecule has 1 saturated heterocycles. The van der Waals surface area contributed by atoms with Crippen molar-refractivity contribution in [2.24, 2.45) is 5.11 Å². The van der Waals surface area contributed by atoms with Crippen LogP contribution in [0.3, 0.4) is 0 Å². The van der Waals surface area contributed by atoms with Crippen molar-refractivity contribution in [1.29, 1.82) is 0 Å². The van der Waals surface area contributed by atoms with Crippen molar-refractivity contribution in [2.45, 2.75) is 37.5 Å². The molecule has 0 unspecified atom stereocenters. The van der Waals surface area contributed by atoms with Crippen LogP contribution >= 0.6 is 7.75 Å². The number of nitrogens with one attached hydrogen (secondary N) is 1. The van der Waals surface area contributed by atoms with Gasteiger partial charge in [0, 0.05) is 16.8 Å². The number of benzene rings is 2. The Balaban J connectivity index is 1.43. The van der Waals surface area contributed by atoms with Crippen LogP contribution in [0.25, 0.3) is 32.4 Å². The van der Waals surface area contributed by atoms with E-state index in [0.717, 1.165) is 5.39 Å². The summed E-state index contributed by atoms with van der Waals surface area (Å²) in [6.07, 6.45) is -2.65. The molecule has 2 aromatic carbocycles. The molecule has 0 spiro atoms. The van der Waals surface area contributed by atoms with Crippen molar-refractivity contribution in [3.63, 3.8) is 0 Å². The molecule has 1 aliphatic heterocycles. The molecule has 5 atom stereocenters. The second-order valence-corrected chi connectivity index (χ2v) is 11.1. The number of aliphatic hydroxyl groups is 2. The molecule has 226 valence electrons. The number of imidazole rings is 1. The molecule has 0 bridgehead atoms. The Morgan fingerprint density at radius 2 is 2.05 bits per heavy atom. The zero-order chi connectivity index (χ0) is 30.6. The smallest absolute Gasteiger partial charge is 0.458 e. The van der Waals surface area contributed by atoms with Crippen LogP contribution in [0.2, 0.25) is 0 Å². The number of nitrogens with zero attached hydrogens (tertiary/aromatic N) is 7. The quantitative estimate of drug-likeness (QED) is 0.0591. The predicted molar refractivity (Wildman–Crippen MR) is 151 cm³/mol. The fourth-order valence-corrected chi connectivity index (χ4v) is 5.94. The number of nitrogens with two attached hydrogens (primary N) is 1. The molecule has 3 heterocycles. The zero-order valence-electron chi connectivity index (χ0n) is 22.8. The van der Waals surface area contributed by atoms with Gasteiger partial charge in [0.15, 0.2) is 17.7 Å². The molecular formula is C25H28N9O8P. The lowest BCUT2D eigenvalue weighted by Crippen LogP contribution is -2.45. The number of aromatic nitrogens is 4. The van der Waals surface area contributed by atoms with Gasteiger partial charge in [-0.1, -0.05) is 41.5 Å². The highest BCUT2D eigenvalue weighted by Crippen LogP contribution is 2.49. The summed E-state index contributed by atoms with van der Waals surface area (Å²) >= 11 is 0. The van der Waals surface area contributed by atoms with Gasteiger partial charge in [-0.2, -0.15) is 0 Å². The topological polar surface area (TPSA) is 242 Å². The Hall–Kier alpha value is -4.34. The normalized spacial score (nSPS) is 23.1. The van der Waals surface area contributed by atoms with Crippen LogP contribution in [0.5, 0.6) is 5.75 Å². The molecule has 18 heteroatoms. The maximum Gasteiger partial charge on any atom is 0.458 e. The van der Waals surface area contributed by atoms with Crippen LogP contribution in [-0.4, -0.2) is 73.4 Å². The van der Waals surface area contributed by atoms with E-state index in [-0.39, 0.29) is 42.3 Å². The van der Waals surface area contributed by atoms with Crippen LogP contribution in [0.15, 0.2) is 60.2 Å². The molecule has 4 aromatic rings. The molecule has 5 rings (SSSR count). The summed E-state index contributed by atoms with van der Waals surface area (Å²) in [5.74, 6) is -0.285. The predicted octanol–water partition coefficient (Wildman–Crippen LogP) is 2.57. The molecule has 0 radical (unpaired) electrons. The standard InChI is InChI=1S/C25H28N9O8P/c1-2-39-18(35)10-11-31-43(38,42-17-9-5-7-15-6-3-4-8-16(15)17)40-12-25(32-33-27)21(37)20(36)24(41-25)34-14-30-19-22(26)28-13-29-23(19)34/h3-9,13-14,20-21,24,36-37H,2,10-12H2,1H3,(H,31,38)(H2,26,28,29)/t20-,21+,24-,25-,43+/m1/s1. The molecule has 43 heavy (non-hydrogen) atoms. The molecule has 17 nitrogen and oxygen atoms in total. The van der Waals surface area contributed by atoms with E-state index in [4.69, 9.17) is 24.3 Å². The average Bonchev–Trinajstić information content (AvgIpc) is 3.53. The minimum atomic E-state index is -4.38. The maximum atomic E-state index is 14.1. The van der Waals surface area contributed by atoms with E-state index in [1.807, 2.05) is 18.2 Å². The summed E-state index contributed by atoms with van der Waals surface area (Å²) in [7, 11) is -4.38. The first kappa shape index (κ1) is 30.1. The number of esters is 1. The summed E-state index contributed by atoms with van der Waals surface area (Å²) in [6.45, 7) is 0.801. The van der Waals surface area contributed by atoms with E-state index in [2.05, 4.69) is 30.1 Å². The summed E-state index contributed by atoms with van der Waals surface area (Å²) in [5, 5.41) is 29.6. The zero-order valence-corrected chi connectivity index (χ0v) is 23.7. The van der Waals surface area contributed by atoms with Crippen molar-refractivity contribution >= 4 is 41.5 Å². The Morgan fingerprint density at radius 3 is 2.84 bits per heavy atom. The fourth-order valence-electron chi connectivity index (χ4n) is 4.57. The van der Waals surface area contributed by atoms with Crippen LogP contribution in [-0.2, 0) is 23.4 Å². The van der Waals surface area contributed by atoms with Crippen molar-refractivity contribution < 1.29 is 38.1 Å². The van der Waals surface area contributed by atoms with Gasteiger partial charge in [-0.25, -0.2) is 24.6 Å². The van der Waals surface area contributed by atoms with E-state index in [0.29, 0.717) is 5.39 Å². The highest BCUT2D eigenvalue weighted by Gasteiger charge is 2.56. The molecular weight excluding hydrogens is 585 g/mol. The third kappa shape index (κ3) is 6.09. The maximum absolute atomic E-state index is 14.1. The van der Waals surface area contributed by atoms with E-state index in [1.54, 1.807) is 31.2 Å². The second-order valence-electron chi connectivity index (χ2n) is 9.36. The average molecular weight is 614 g/mol. The second kappa shape index (κ2) is 12.5. The molecule has 1 aliphatic rings. The van der Waals surface area contributed by atoms with Gasteiger partial charge in [0.2, 0.25) is 5.72 Å². The van der Waals surface area contributed by atoms with Gasteiger partial charge < -0.3 is 29.9 Å². The molecule has 5 N–H and O–H groups in total. The van der Waals surface area contributed by atoms with Crippen LogP contribution < -0.4 is 15.3 Å². The van der Waals surface area contributed by atoms with Gasteiger partial charge in [0.1, 0.15) is 29.8 Å². The Morgan fingerprint density at radius 1 is 1.26 bits per heavy atom. The van der Waals surface area contributed by atoms with Crippen LogP contribution in [0.4, 0.5) is 5.82 Å². The first-order valence-corrected chi connectivity index (χ1v) is 14.6. The number of hydrogen-bond donors (Lipinski definition) is 4. The summed E-state index contributed by atoms with van der Waals surface area (Å²) in [5.41, 5.74) is 13.3. The molecule has 2 aromatic heterocycles. The number of carbonyl (C=O) groups is 1. The lowest BCUT2D eigenvalue weighted by molar-refractivity contribution is -0.142. The lowest BCUT2D eigenvalue weighted by Gasteiger charge is -2.29. The van der Waals surface area contributed by atoms with Crippen molar-refractivity contribution in [1.82, 2.24) is 24.6 Å². The SMILES string of the molecule is CCOC(=O)CCN[P@](=O)(OC[C@@]1(N=[N+]=[N-])O[C@@H](n2cnc3c(N)ncnc32)[C@H](O)[C@@H]1O)Oc1cccc2ccccc12. The van der Waals surface area contributed by atoms with Crippen LogP contribution in [0.1, 0.15) is 19.6 Å². The summed E-state index contributed by atoms with van der Waals surface area (Å²) in [6, 6.07) is 12.3. The third-order valence-electron chi connectivity index (χ3n) is 6.63. The van der Waals surface area contributed by atoms with Crippen molar-refractivity contribution in [3.8, 4) is 5.75 Å². The van der Waals surface area contributed by atoms with E-state index in [9.17, 15) is 25.1 Å². The Labute approximate surface area is 243 Å². The number of rotatable bonds is 12. The number of nitrogen functional groups attached to an aromatic ring is 1. The Kier molecular flexibility index (Phi) is 8.75. The highest BCUT2D eigenvalue weighted by atomic mass is 31.2. The molecule has 0 saturated carbocycles. The molecule has 0 amide bonds. The first-order valence-electron chi connectivity index (χ1n) is 13.1. The molecule has 0 aliphatic carbocycles. The lowest BCUT2D eigenvalue weighted by atomic mass is 10.1. The van der Waals surface area contributed by atoms with E-state index >= 15 is 0 Å². The number of carbonyl (C=O) groups excluding carboxylic acids is 1. The largest absolute Gasteiger partial charge is 0.466 e. The van der Waals surface area contributed by atoms with E-state index in [1.165, 1.54) is 17.2 Å². The highest BCUT2D eigenvalue weighted by molar-refractivity contribution is 7.52. The van der Waals surface area contributed by atoms with Crippen LogP contribution in [0, 0.1) is 0 Å². The van der Waals surface area contributed by atoms with Crippen molar-refractivity contribution in [2.75, 3.05) is 25.5 Å². The van der Waals surface area contributed by atoms with Crippen molar-refractivity contribution in [3.05, 3.63) is 65.6 Å². The number of ether oxygens (including phenoxy) is 2. The van der Waals surface area contributed by atoms with Gasteiger partial charge in [-0.15, -0.1) is 0 Å². The van der Waals surface area contributed by atoms with Gasteiger partial charge >= 0.3 is 13.7 Å². The minimum absolute atomic E-state index is 0.0712. The van der Waals surface area contributed by atoms with Gasteiger partial charge in [-0.3, -0.25) is 13.9 Å². The third-order valence-corrected chi connectivity index (χ3v) is 8.14. The number of azide groups is 1. The van der Waals surface area contributed by atoms with E-state index < -0.39 is 44.5 Å². The van der Waals surface area contributed by atoms with Gasteiger partial charge in [0.05, 0.1) is 26.0 Å². The fraction of sp³-hybridized carbons (Fsp3) is 0.360. The number of anilines is 1. The number of hydrogen-bond acceptors (Lipinski definition) is 13. The first-order chi connectivity index (χ1) is 20.7. The van der Waals surface area contributed by atoms with Gasteiger partial charge in [0.25, 0.3) is 0 Å². The summed E-state index contributed by atoms with van der Waals surface area (Å²) < 4.78 is 37.7. The minimum Gasteiger partial charge on any atom is -0.466 e.